The summed E-state index contributed by atoms with van der Waals surface area (Å²) in [5.74, 6) is 0. The highest BCUT2D eigenvalue weighted by atomic mass is 16.6. The average Bonchev–Trinajstić information content (AvgIpc) is 2.57. The lowest BCUT2D eigenvalue weighted by Crippen LogP contribution is -2.57. The molecule has 8 heteroatoms. The summed E-state index contributed by atoms with van der Waals surface area (Å²) in [6, 6.07) is -0.571. The van der Waals surface area contributed by atoms with Gasteiger partial charge >= 0.3 is 6.03 Å². The topological polar surface area (TPSA) is 122 Å². The van der Waals surface area contributed by atoms with Crippen molar-refractivity contribution in [2.24, 2.45) is 0 Å². The summed E-state index contributed by atoms with van der Waals surface area (Å²) >= 11 is 0. The highest BCUT2D eigenvalue weighted by molar-refractivity contribution is 5.75. The molecule has 5 N–H and O–H groups in total. The van der Waals surface area contributed by atoms with Crippen molar-refractivity contribution in [3.8, 4) is 0 Å². The van der Waals surface area contributed by atoms with Crippen molar-refractivity contribution in [2.45, 2.75) is 37.2 Å². The van der Waals surface area contributed by atoms with E-state index in [0.29, 0.717) is 6.42 Å². The Morgan fingerprint density at radius 2 is 2.06 bits per heavy atom. The van der Waals surface area contributed by atoms with E-state index in [0.717, 1.165) is 0 Å². The highest BCUT2D eigenvalue weighted by Gasteiger charge is 2.47. The van der Waals surface area contributed by atoms with Gasteiger partial charge in [-0.3, -0.25) is 4.90 Å². The van der Waals surface area contributed by atoms with Gasteiger partial charge < -0.3 is 30.5 Å². The van der Waals surface area contributed by atoms with Crippen LogP contribution in [0.25, 0.3) is 0 Å². The number of nitrogens with zero attached hydrogens (tertiary/aromatic N) is 1. The fourth-order valence-electron chi connectivity index (χ4n) is 2.04. The molecule has 2 heterocycles. The van der Waals surface area contributed by atoms with E-state index in [-0.39, 0.29) is 6.54 Å². The third kappa shape index (κ3) is 2.22. The van der Waals surface area contributed by atoms with Gasteiger partial charge in [-0.2, -0.15) is 0 Å². The van der Waals surface area contributed by atoms with Crippen molar-refractivity contribution < 1.29 is 30.0 Å². The Morgan fingerprint density at radius 3 is 2.59 bits per heavy atom. The van der Waals surface area contributed by atoms with Crippen molar-refractivity contribution in [1.29, 1.82) is 0 Å². The standard InChI is InChI=1S/C9H16N2O6/c12-3-4-6(14)7(15)8(17-4)11-2-1-5(13)10-9(11)16/h4-8,12-15H,1-3H2,(H,10,16)/t4-,5?,6?,7+,8-/m1/s1. The van der Waals surface area contributed by atoms with Gasteiger partial charge in [0.1, 0.15) is 24.5 Å². The van der Waals surface area contributed by atoms with Gasteiger partial charge in [-0.1, -0.05) is 0 Å². The maximum absolute atomic E-state index is 11.6. The van der Waals surface area contributed by atoms with Crippen LogP contribution < -0.4 is 5.32 Å². The first kappa shape index (κ1) is 12.5. The fourth-order valence-corrected chi connectivity index (χ4v) is 2.04. The predicted molar refractivity (Wildman–Crippen MR) is 53.6 cm³/mol. The molecule has 2 fully saturated rings. The van der Waals surface area contributed by atoms with Crippen LogP contribution in [0.3, 0.4) is 0 Å². The molecule has 0 aromatic carbocycles. The number of carbonyl (C=O) groups excluding carboxylic acids is 1. The summed E-state index contributed by atoms with van der Waals surface area (Å²) in [4.78, 5) is 12.7. The molecular formula is C9H16N2O6. The number of aliphatic hydroxyl groups excluding tert-OH is 4. The summed E-state index contributed by atoms with van der Waals surface area (Å²) < 4.78 is 5.21. The molecule has 0 spiro atoms. The van der Waals surface area contributed by atoms with E-state index in [1.807, 2.05) is 0 Å². The van der Waals surface area contributed by atoms with Crippen LogP contribution in [0, 0.1) is 0 Å². The lowest BCUT2D eigenvalue weighted by molar-refractivity contribution is -0.0893. The number of nitrogens with one attached hydrogen (secondary N) is 1. The van der Waals surface area contributed by atoms with Gasteiger partial charge in [0, 0.05) is 13.0 Å². The van der Waals surface area contributed by atoms with E-state index in [2.05, 4.69) is 5.32 Å². The molecule has 17 heavy (non-hydrogen) atoms. The first-order valence-corrected chi connectivity index (χ1v) is 5.42. The maximum Gasteiger partial charge on any atom is 0.321 e. The smallest absolute Gasteiger partial charge is 0.321 e. The molecule has 0 aromatic heterocycles. The third-order valence-electron chi connectivity index (χ3n) is 3.02. The summed E-state index contributed by atoms with van der Waals surface area (Å²) in [5.41, 5.74) is 0. The van der Waals surface area contributed by atoms with Crippen LogP contribution in [-0.2, 0) is 4.74 Å². The van der Waals surface area contributed by atoms with Gasteiger partial charge in [0.15, 0.2) is 6.23 Å². The first-order chi connectivity index (χ1) is 8.04. The maximum atomic E-state index is 11.6. The van der Waals surface area contributed by atoms with E-state index in [4.69, 9.17) is 9.84 Å². The largest absolute Gasteiger partial charge is 0.394 e. The molecule has 2 aliphatic rings. The van der Waals surface area contributed by atoms with Crippen molar-refractivity contribution in [3.63, 3.8) is 0 Å². The predicted octanol–water partition coefficient (Wildman–Crippen LogP) is -2.84. The normalized spacial score (nSPS) is 42.7. The van der Waals surface area contributed by atoms with Crippen LogP contribution in [0.4, 0.5) is 4.79 Å². The zero-order valence-electron chi connectivity index (χ0n) is 9.06. The van der Waals surface area contributed by atoms with Crippen molar-refractivity contribution in [2.75, 3.05) is 13.2 Å². The molecule has 8 nitrogen and oxygen atoms in total. The molecule has 2 unspecified atom stereocenters. The van der Waals surface area contributed by atoms with Gasteiger partial charge in [-0.15, -0.1) is 0 Å². The Bertz CT molecular complexity index is 301. The van der Waals surface area contributed by atoms with Crippen molar-refractivity contribution in [1.82, 2.24) is 10.2 Å². The highest BCUT2D eigenvalue weighted by Crippen LogP contribution is 2.25. The minimum atomic E-state index is -1.27. The summed E-state index contributed by atoms with van der Waals surface area (Å²) in [7, 11) is 0. The van der Waals surface area contributed by atoms with Gasteiger partial charge in [-0.05, 0) is 0 Å². The molecule has 0 aliphatic carbocycles. The average molecular weight is 248 g/mol. The quantitative estimate of drug-likeness (QED) is 0.359. The van der Waals surface area contributed by atoms with Crippen LogP contribution in [0.1, 0.15) is 6.42 Å². The van der Waals surface area contributed by atoms with Gasteiger partial charge in [0.2, 0.25) is 0 Å². The second-order valence-electron chi connectivity index (χ2n) is 4.18. The Hall–Kier alpha value is -0.930. The summed E-state index contributed by atoms with van der Waals surface area (Å²) in [6.45, 7) is -0.230. The molecule has 0 radical (unpaired) electrons. The van der Waals surface area contributed by atoms with E-state index < -0.39 is 43.4 Å². The lowest BCUT2D eigenvalue weighted by atomic mass is 10.1. The molecule has 2 aliphatic heterocycles. The first-order valence-electron chi connectivity index (χ1n) is 5.42. The molecule has 5 atom stereocenters. The number of urea groups is 1. The Morgan fingerprint density at radius 1 is 1.35 bits per heavy atom. The van der Waals surface area contributed by atoms with Crippen LogP contribution >= 0.6 is 0 Å². The molecule has 2 rings (SSSR count). The Kier molecular flexibility index (Phi) is 3.50. The molecule has 0 bridgehead atoms. The number of ether oxygens (including phenoxy) is 1. The van der Waals surface area contributed by atoms with Crippen LogP contribution in [-0.4, -0.2) is 75.3 Å². The zero-order chi connectivity index (χ0) is 12.6. The second kappa shape index (κ2) is 4.75. The number of rotatable bonds is 2. The number of hydrogen-bond acceptors (Lipinski definition) is 6. The Labute approximate surface area is 97.4 Å². The second-order valence-corrected chi connectivity index (χ2v) is 4.18. The number of carbonyl (C=O) groups is 1. The zero-order valence-corrected chi connectivity index (χ0v) is 9.06. The molecule has 0 aromatic rings. The van der Waals surface area contributed by atoms with Crippen LogP contribution in [0.15, 0.2) is 0 Å². The van der Waals surface area contributed by atoms with E-state index in [1.54, 1.807) is 0 Å². The number of aliphatic hydroxyl groups is 4. The molecule has 2 amide bonds. The summed E-state index contributed by atoms with van der Waals surface area (Å²) in [5, 5.41) is 39.7. The SMILES string of the molecule is O=C1NC(O)CCN1[C@@H]1O[C@H](CO)C(O)[C@@H]1O. The van der Waals surface area contributed by atoms with E-state index in [9.17, 15) is 20.1 Å². The Balaban J connectivity index is 2.05. The van der Waals surface area contributed by atoms with Gasteiger partial charge in [-0.25, -0.2) is 4.79 Å². The lowest BCUT2D eigenvalue weighted by Gasteiger charge is -2.35. The monoisotopic (exact) mass is 248 g/mol. The van der Waals surface area contributed by atoms with Gasteiger partial charge in [0.05, 0.1) is 6.61 Å². The van der Waals surface area contributed by atoms with Crippen molar-refractivity contribution in [3.05, 3.63) is 0 Å². The van der Waals surface area contributed by atoms with Gasteiger partial charge in [0.25, 0.3) is 0 Å². The number of hydrogen-bond donors (Lipinski definition) is 5. The van der Waals surface area contributed by atoms with Crippen LogP contribution in [0.5, 0.6) is 0 Å². The summed E-state index contributed by atoms with van der Waals surface area (Å²) in [6.07, 6.45) is -5.02. The third-order valence-corrected chi connectivity index (χ3v) is 3.02. The minimum Gasteiger partial charge on any atom is -0.394 e. The van der Waals surface area contributed by atoms with Crippen molar-refractivity contribution >= 4 is 6.03 Å². The molecule has 2 saturated heterocycles. The van der Waals surface area contributed by atoms with E-state index in [1.165, 1.54) is 4.90 Å². The molecule has 0 saturated carbocycles. The minimum absolute atomic E-state index is 0.208. The molecule has 98 valence electrons. The van der Waals surface area contributed by atoms with E-state index >= 15 is 0 Å². The van der Waals surface area contributed by atoms with Crippen LogP contribution in [0.2, 0.25) is 0 Å². The number of amides is 2. The molecular weight excluding hydrogens is 232 g/mol. The fraction of sp³-hybridized carbons (Fsp3) is 0.889.